The number of rotatable bonds is 3. The van der Waals surface area contributed by atoms with Crippen LogP contribution >= 0.6 is 11.8 Å². The molecular weight excluding hydrogens is 402 g/mol. The number of aryl methyl sites for hydroxylation is 3. The first-order valence-electron chi connectivity index (χ1n) is 10.8. The van der Waals surface area contributed by atoms with Gasteiger partial charge in [-0.3, -0.25) is 14.8 Å². The number of carbonyl (C=O) groups is 1. The molecule has 0 bridgehead atoms. The summed E-state index contributed by atoms with van der Waals surface area (Å²) >= 11 is 1.57. The monoisotopic (exact) mass is 427 g/mol. The van der Waals surface area contributed by atoms with Crippen molar-refractivity contribution in [3.8, 4) is 0 Å². The van der Waals surface area contributed by atoms with E-state index in [-0.39, 0.29) is 5.91 Å². The summed E-state index contributed by atoms with van der Waals surface area (Å²) in [5, 5.41) is 0. The molecule has 0 spiro atoms. The lowest BCUT2D eigenvalue weighted by atomic mass is 9.91. The molecule has 1 aliphatic carbocycles. The summed E-state index contributed by atoms with van der Waals surface area (Å²) in [6.45, 7) is 3.62. The second-order valence-corrected chi connectivity index (χ2v) is 9.24. The van der Waals surface area contributed by atoms with Crippen molar-refractivity contribution in [1.82, 2.24) is 14.9 Å². The minimum absolute atomic E-state index is 0.191. The van der Waals surface area contributed by atoms with Crippen molar-refractivity contribution in [3.63, 3.8) is 0 Å². The van der Waals surface area contributed by atoms with E-state index in [1.165, 1.54) is 33.4 Å². The summed E-state index contributed by atoms with van der Waals surface area (Å²) in [4.78, 5) is 24.8. The lowest BCUT2D eigenvalue weighted by Gasteiger charge is -2.17. The molecule has 2 aliphatic rings. The molecule has 1 aliphatic heterocycles. The quantitative estimate of drug-likeness (QED) is 0.568. The number of likely N-dealkylation sites (tertiary alicyclic amines) is 1. The summed E-state index contributed by atoms with van der Waals surface area (Å²) in [6, 6.07) is 14.9. The van der Waals surface area contributed by atoms with Crippen molar-refractivity contribution in [2.75, 3.05) is 18.8 Å². The molecule has 4 nitrogen and oxygen atoms in total. The van der Waals surface area contributed by atoms with Gasteiger partial charge >= 0.3 is 0 Å². The van der Waals surface area contributed by atoms with Gasteiger partial charge in [-0.1, -0.05) is 29.8 Å². The number of thioether (sulfide) groups is 1. The number of fused-ring (bicyclic) bond motifs is 2. The van der Waals surface area contributed by atoms with Gasteiger partial charge in [-0.2, -0.15) is 0 Å². The van der Waals surface area contributed by atoms with Crippen LogP contribution in [0.25, 0.3) is 5.57 Å². The molecule has 0 N–H and O–H groups in total. The molecule has 3 aromatic rings. The first kappa shape index (κ1) is 20.0. The van der Waals surface area contributed by atoms with Gasteiger partial charge < -0.3 is 4.90 Å². The fourth-order valence-corrected chi connectivity index (χ4v) is 5.33. The van der Waals surface area contributed by atoms with Crippen LogP contribution in [0.2, 0.25) is 0 Å². The van der Waals surface area contributed by atoms with Crippen LogP contribution in [0.15, 0.2) is 71.5 Å². The van der Waals surface area contributed by atoms with Gasteiger partial charge in [-0.15, -0.1) is 11.8 Å². The number of carbonyl (C=O) groups excluding carboxylic acids is 1. The molecule has 31 heavy (non-hydrogen) atoms. The molecule has 5 heteroatoms. The summed E-state index contributed by atoms with van der Waals surface area (Å²) < 4.78 is 0. The highest BCUT2D eigenvalue weighted by atomic mass is 32.2. The van der Waals surface area contributed by atoms with E-state index in [9.17, 15) is 4.79 Å². The average molecular weight is 428 g/mol. The fraction of sp³-hybridized carbons (Fsp3) is 0.269. The van der Waals surface area contributed by atoms with Crippen LogP contribution < -0.4 is 0 Å². The molecule has 2 aromatic heterocycles. The summed E-state index contributed by atoms with van der Waals surface area (Å²) in [6.07, 6.45) is 8.35. The smallest absolute Gasteiger partial charge is 0.233 e. The van der Waals surface area contributed by atoms with Crippen LogP contribution in [0.5, 0.6) is 0 Å². The summed E-state index contributed by atoms with van der Waals surface area (Å²) in [5.41, 5.74) is 8.95. The number of hydrogen-bond acceptors (Lipinski definition) is 4. The Hall–Kier alpha value is -2.92. The number of hydrogen-bond donors (Lipinski definition) is 0. The summed E-state index contributed by atoms with van der Waals surface area (Å²) in [7, 11) is 0. The highest BCUT2D eigenvalue weighted by Crippen LogP contribution is 2.37. The number of amides is 1. The van der Waals surface area contributed by atoms with E-state index in [2.05, 4.69) is 36.2 Å². The number of benzene rings is 1. The van der Waals surface area contributed by atoms with Crippen LogP contribution in [-0.4, -0.2) is 39.6 Å². The molecule has 1 fully saturated rings. The molecule has 0 saturated carbocycles. The van der Waals surface area contributed by atoms with Crippen molar-refractivity contribution in [2.45, 2.75) is 31.1 Å². The zero-order valence-electron chi connectivity index (χ0n) is 17.7. The number of nitrogens with zero attached hydrogens (tertiary/aromatic N) is 3. The third-order valence-electron chi connectivity index (χ3n) is 6.11. The zero-order valence-corrected chi connectivity index (χ0v) is 18.5. The normalized spacial score (nSPS) is 17.8. The van der Waals surface area contributed by atoms with Crippen LogP contribution in [-0.2, 0) is 17.6 Å². The number of aromatic nitrogens is 2. The van der Waals surface area contributed by atoms with Gasteiger partial charge in [0, 0.05) is 42.1 Å². The molecule has 0 atom stereocenters. The SMILES string of the molecule is Cc1ccc2c(c1)CCc1cccnc1/C2=C1\CCN(C(=O)CSc2ccncc2)C1. The largest absolute Gasteiger partial charge is 0.338 e. The Morgan fingerprint density at radius 1 is 1.03 bits per heavy atom. The number of pyridine rings is 2. The van der Waals surface area contributed by atoms with E-state index in [4.69, 9.17) is 4.98 Å². The van der Waals surface area contributed by atoms with Crippen molar-refractivity contribution < 1.29 is 4.79 Å². The Balaban J connectivity index is 1.45. The highest BCUT2D eigenvalue weighted by Gasteiger charge is 2.28. The average Bonchev–Trinajstić information content (AvgIpc) is 3.22. The Morgan fingerprint density at radius 2 is 1.87 bits per heavy atom. The molecule has 3 heterocycles. The molecule has 0 unspecified atom stereocenters. The van der Waals surface area contributed by atoms with Gasteiger partial charge in [0.2, 0.25) is 5.91 Å². The van der Waals surface area contributed by atoms with Crippen molar-refractivity contribution in [3.05, 3.63) is 94.6 Å². The van der Waals surface area contributed by atoms with Crippen LogP contribution in [0.4, 0.5) is 0 Å². The maximum atomic E-state index is 12.9. The fourth-order valence-electron chi connectivity index (χ4n) is 4.54. The molecular formula is C26H25N3OS. The molecule has 1 saturated heterocycles. The maximum absolute atomic E-state index is 12.9. The lowest BCUT2D eigenvalue weighted by molar-refractivity contribution is -0.127. The van der Waals surface area contributed by atoms with E-state index in [0.29, 0.717) is 12.3 Å². The minimum Gasteiger partial charge on any atom is -0.338 e. The third-order valence-corrected chi connectivity index (χ3v) is 7.10. The molecule has 5 rings (SSSR count). The Morgan fingerprint density at radius 3 is 2.74 bits per heavy atom. The third kappa shape index (κ3) is 4.15. The van der Waals surface area contributed by atoms with E-state index >= 15 is 0 Å². The van der Waals surface area contributed by atoms with Crippen molar-refractivity contribution in [1.29, 1.82) is 0 Å². The molecule has 1 aromatic carbocycles. The highest BCUT2D eigenvalue weighted by molar-refractivity contribution is 8.00. The standard InChI is InChI=1S/C26H25N3OS/c1-18-4-7-23-20(15-18)6-5-19-3-2-11-28-26(19)25(23)21-10-14-29(16-21)24(30)17-31-22-8-12-27-13-9-22/h2-4,7-9,11-13,15H,5-6,10,14,16-17H2,1H3/b25-21+. The van der Waals surface area contributed by atoms with E-state index in [1.54, 1.807) is 24.2 Å². The van der Waals surface area contributed by atoms with Gasteiger partial charge in [0.15, 0.2) is 0 Å². The molecule has 156 valence electrons. The Bertz CT molecular complexity index is 1160. The van der Waals surface area contributed by atoms with Crippen LogP contribution in [0.1, 0.15) is 34.4 Å². The van der Waals surface area contributed by atoms with Crippen molar-refractivity contribution in [2.24, 2.45) is 0 Å². The summed E-state index contributed by atoms with van der Waals surface area (Å²) in [5.74, 6) is 0.647. The molecule has 1 amide bonds. The minimum atomic E-state index is 0.191. The van der Waals surface area contributed by atoms with Gasteiger partial charge in [0.05, 0.1) is 11.4 Å². The van der Waals surface area contributed by atoms with Gasteiger partial charge in [0.25, 0.3) is 0 Å². The van der Waals surface area contributed by atoms with E-state index < -0.39 is 0 Å². The first-order valence-corrected chi connectivity index (χ1v) is 11.7. The molecule has 0 radical (unpaired) electrons. The van der Waals surface area contributed by atoms with E-state index in [0.717, 1.165) is 36.4 Å². The van der Waals surface area contributed by atoms with Gasteiger partial charge in [0.1, 0.15) is 0 Å². The second kappa shape index (κ2) is 8.67. The second-order valence-electron chi connectivity index (χ2n) is 8.19. The zero-order chi connectivity index (χ0) is 21.2. The topological polar surface area (TPSA) is 46.1 Å². The predicted octanol–water partition coefficient (Wildman–Crippen LogP) is 4.71. The Kier molecular flexibility index (Phi) is 5.60. The van der Waals surface area contributed by atoms with E-state index in [1.807, 2.05) is 29.3 Å². The van der Waals surface area contributed by atoms with Crippen LogP contribution in [0, 0.1) is 6.92 Å². The van der Waals surface area contributed by atoms with Gasteiger partial charge in [-0.25, -0.2) is 0 Å². The Labute approximate surface area is 187 Å². The first-order chi connectivity index (χ1) is 15.2. The van der Waals surface area contributed by atoms with Crippen LogP contribution in [0.3, 0.4) is 0 Å². The van der Waals surface area contributed by atoms with Crippen molar-refractivity contribution >= 4 is 23.2 Å². The van der Waals surface area contributed by atoms with Gasteiger partial charge in [-0.05, 0) is 66.6 Å². The lowest BCUT2D eigenvalue weighted by Crippen LogP contribution is -2.29. The maximum Gasteiger partial charge on any atom is 0.233 e. The predicted molar refractivity (Wildman–Crippen MR) is 125 cm³/mol.